The van der Waals surface area contributed by atoms with Crippen LogP contribution < -0.4 is 4.90 Å². The highest BCUT2D eigenvalue weighted by atomic mass is 16.3. The van der Waals surface area contributed by atoms with Gasteiger partial charge in [0.05, 0.1) is 11.4 Å². The van der Waals surface area contributed by atoms with Crippen LogP contribution in [0.1, 0.15) is 0 Å². The summed E-state index contributed by atoms with van der Waals surface area (Å²) in [5.41, 5.74) is 8.77. The highest BCUT2D eigenvalue weighted by Crippen LogP contribution is 2.46. The Morgan fingerprint density at radius 2 is 1.04 bits per heavy atom. The van der Waals surface area contributed by atoms with Gasteiger partial charge in [0.15, 0.2) is 5.58 Å². The zero-order valence-electron chi connectivity index (χ0n) is 25.4. The molecule has 0 bridgehead atoms. The quantitative estimate of drug-likeness (QED) is 0.188. The number of anilines is 3. The van der Waals surface area contributed by atoms with E-state index < -0.39 is 0 Å². The molecule has 10 aromatic rings. The third-order valence-corrected chi connectivity index (χ3v) is 9.43. The number of benzene rings is 8. The molecule has 0 aliphatic rings. The average Bonchev–Trinajstić information content (AvgIpc) is 3.71. The Balaban J connectivity index is 1.25. The third kappa shape index (κ3) is 4.00. The lowest BCUT2D eigenvalue weighted by Crippen LogP contribution is -2.10. The van der Waals surface area contributed by atoms with Crippen molar-refractivity contribution in [2.45, 2.75) is 0 Å². The van der Waals surface area contributed by atoms with Gasteiger partial charge in [0.25, 0.3) is 0 Å². The summed E-state index contributed by atoms with van der Waals surface area (Å²) in [4.78, 5) is 2.30. The molecule has 0 spiro atoms. The van der Waals surface area contributed by atoms with E-state index in [1.165, 1.54) is 27.1 Å². The van der Waals surface area contributed by atoms with E-state index in [2.05, 4.69) is 157 Å². The standard InChI is InChI=1S/C44H27NO2/c1-2-10-28(11-3-1)35-15-9-19-41-43(35)38-16-8-17-39(44(38)47-41)45(32-23-25-37-36-14-6-7-18-40(36)46-42(37)27-32)31-22-24-34-30(26-31)21-20-29-12-4-5-13-33(29)34/h1-27H. The van der Waals surface area contributed by atoms with Gasteiger partial charge in [-0.25, -0.2) is 0 Å². The second-order valence-corrected chi connectivity index (χ2v) is 12.1. The zero-order chi connectivity index (χ0) is 30.9. The Hall–Kier alpha value is -6.32. The van der Waals surface area contributed by atoms with Crippen molar-refractivity contribution in [1.29, 1.82) is 0 Å². The van der Waals surface area contributed by atoms with E-state index in [1.807, 2.05) is 12.1 Å². The summed E-state index contributed by atoms with van der Waals surface area (Å²) in [6, 6.07) is 57.8. The molecule has 0 radical (unpaired) electrons. The fraction of sp³-hybridized carbons (Fsp3) is 0. The second-order valence-electron chi connectivity index (χ2n) is 12.1. The molecule has 0 saturated carbocycles. The van der Waals surface area contributed by atoms with E-state index in [-0.39, 0.29) is 0 Å². The van der Waals surface area contributed by atoms with Crippen LogP contribution in [-0.4, -0.2) is 0 Å². The van der Waals surface area contributed by atoms with Gasteiger partial charge in [0.2, 0.25) is 0 Å². The SMILES string of the molecule is c1ccc(-c2cccc3oc4c(N(c5ccc6c(ccc7ccccc76)c5)c5ccc6c(c5)oc5ccccc56)cccc4c23)cc1. The van der Waals surface area contributed by atoms with Gasteiger partial charge in [0.1, 0.15) is 16.7 Å². The Morgan fingerprint density at radius 1 is 0.383 bits per heavy atom. The van der Waals surface area contributed by atoms with E-state index in [0.29, 0.717) is 0 Å². The third-order valence-electron chi connectivity index (χ3n) is 9.43. The summed E-state index contributed by atoms with van der Waals surface area (Å²) in [6.07, 6.45) is 0. The number of hydrogen-bond donors (Lipinski definition) is 0. The van der Waals surface area contributed by atoms with Crippen LogP contribution in [0.25, 0.3) is 76.5 Å². The van der Waals surface area contributed by atoms with Crippen LogP contribution in [0.2, 0.25) is 0 Å². The molecule has 0 amide bonds. The predicted octanol–water partition coefficient (Wildman–Crippen LogP) is 12.9. The number of furan rings is 2. The lowest BCUT2D eigenvalue weighted by Gasteiger charge is -2.26. The minimum atomic E-state index is 0.842. The molecule has 2 aromatic heterocycles. The Bertz CT molecular complexity index is 2810. The average molecular weight is 602 g/mol. The Morgan fingerprint density at radius 3 is 1.96 bits per heavy atom. The summed E-state index contributed by atoms with van der Waals surface area (Å²) in [7, 11) is 0. The molecular weight excluding hydrogens is 574 g/mol. The largest absolute Gasteiger partial charge is 0.456 e. The number of nitrogens with zero attached hydrogens (tertiary/aromatic N) is 1. The van der Waals surface area contributed by atoms with Gasteiger partial charge in [-0.15, -0.1) is 0 Å². The summed E-state index contributed by atoms with van der Waals surface area (Å²) in [5.74, 6) is 0. The van der Waals surface area contributed by atoms with Crippen LogP contribution in [0.4, 0.5) is 17.1 Å². The maximum Gasteiger partial charge on any atom is 0.159 e. The maximum atomic E-state index is 6.79. The molecule has 220 valence electrons. The minimum absolute atomic E-state index is 0.842. The molecule has 3 heteroatoms. The highest BCUT2D eigenvalue weighted by Gasteiger charge is 2.22. The lowest BCUT2D eigenvalue weighted by atomic mass is 9.99. The molecule has 0 unspecified atom stereocenters. The van der Waals surface area contributed by atoms with E-state index >= 15 is 0 Å². The van der Waals surface area contributed by atoms with Gasteiger partial charge < -0.3 is 13.7 Å². The van der Waals surface area contributed by atoms with Crippen molar-refractivity contribution >= 4 is 82.5 Å². The summed E-state index contributed by atoms with van der Waals surface area (Å²) in [5, 5.41) is 9.32. The van der Waals surface area contributed by atoms with Gasteiger partial charge in [0, 0.05) is 33.3 Å². The van der Waals surface area contributed by atoms with Crippen molar-refractivity contribution in [2.75, 3.05) is 4.90 Å². The second kappa shape index (κ2) is 10.1. The molecule has 8 aromatic carbocycles. The van der Waals surface area contributed by atoms with Crippen LogP contribution in [0, 0.1) is 0 Å². The highest BCUT2D eigenvalue weighted by molar-refractivity contribution is 6.16. The first kappa shape index (κ1) is 26.0. The maximum absolute atomic E-state index is 6.79. The van der Waals surface area contributed by atoms with E-state index in [4.69, 9.17) is 8.83 Å². The topological polar surface area (TPSA) is 29.5 Å². The van der Waals surface area contributed by atoms with Crippen molar-refractivity contribution in [3.05, 3.63) is 164 Å². The van der Waals surface area contributed by atoms with Crippen LogP contribution in [0.5, 0.6) is 0 Å². The van der Waals surface area contributed by atoms with Crippen molar-refractivity contribution < 1.29 is 8.83 Å². The predicted molar refractivity (Wildman–Crippen MR) is 196 cm³/mol. The fourth-order valence-corrected chi connectivity index (χ4v) is 7.29. The van der Waals surface area contributed by atoms with Gasteiger partial charge in [-0.05, 0) is 75.1 Å². The molecule has 47 heavy (non-hydrogen) atoms. The molecule has 0 aliphatic heterocycles. The van der Waals surface area contributed by atoms with Gasteiger partial charge in [-0.2, -0.15) is 0 Å². The molecule has 0 atom stereocenters. The first-order chi connectivity index (χ1) is 23.3. The molecule has 0 fully saturated rings. The summed E-state index contributed by atoms with van der Waals surface area (Å²) >= 11 is 0. The van der Waals surface area contributed by atoms with E-state index in [0.717, 1.165) is 66.5 Å². The van der Waals surface area contributed by atoms with Crippen LogP contribution in [-0.2, 0) is 0 Å². The first-order valence-corrected chi connectivity index (χ1v) is 15.9. The van der Waals surface area contributed by atoms with E-state index in [1.54, 1.807) is 0 Å². The number of para-hydroxylation sites is 2. The molecule has 2 heterocycles. The lowest BCUT2D eigenvalue weighted by molar-refractivity contribution is 0.667. The van der Waals surface area contributed by atoms with E-state index in [9.17, 15) is 0 Å². The van der Waals surface area contributed by atoms with Crippen LogP contribution in [0.3, 0.4) is 0 Å². The molecule has 0 N–H and O–H groups in total. The minimum Gasteiger partial charge on any atom is -0.456 e. The summed E-state index contributed by atoms with van der Waals surface area (Å²) < 4.78 is 13.2. The smallest absolute Gasteiger partial charge is 0.159 e. The van der Waals surface area contributed by atoms with Crippen molar-refractivity contribution in [1.82, 2.24) is 0 Å². The summed E-state index contributed by atoms with van der Waals surface area (Å²) in [6.45, 7) is 0. The number of fused-ring (bicyclic) bond motifs is 9. The first-order valence-electron chi connectivity index (χ1n) is 15.9. The number of rotatable bonds is 4. The molecule has 3 nitrogen and oxygen atoms in total. The molecule has 0 aliphatic carbocycles. The monoisotopic (exact) mass is 601 g/mol. The van der Waals surface area contributed by atoms with Crippen molar-refractivity contribution in [3.8, 4) is 11.1 Å². The van der Waals surface area contributed by atoms with Gasteiger partial charge in [-0.1, -0.05) is 115 Å². The van der Waals surface area contributed by atoms with Crippen molar-refractivity contribution in [3.63, 3.8) is 0 Å². The zero-order valence-corrected chi connectivity index (χ0v) is 25.4. The van der Waals surface area contributed by atoms with Crippen molar-refractivity contribution in [2.24, 2.45) is 0 Å². The fourth-order valence-electron chi connectivity index (χ4n) is 7.29. The normalized spacial score (nSPS) is 11.8. The van der Waals surface area contributed by atoms with Gasteiger partial charge >= 0.3 is 0 Å². The Kier molecular flexibility index (Phi) is 5.57. The number of hydrogen-bond acceptors (Lipinski definition) is 3. The van der Waals surface area contributed by atoms with Gasteiger partial charge in [-0.3, -0.25) is 0 Å². The molecule has 10 rings (SSSR count). The molecular formula is C44H27NO2. The van der Waals surface area contributed by atoms with Crippen LogP contribution in [0.15, 0.2) is 173 Å². The van der Waals surface area contributed by atoms with Crippen LogP contribution >= 0.6 is 0 Å². The molecule has 0 saturated heterocycles. The Labute approximate surface area is 270 Å².